The molecule has 1 amide bonds. The molecule has 2 N–H and O–H groups in total. The van der Waals surface area contributed by atoms with Crippen molar-refractivity contribution in [1.29, 1.82) is 0 Å². The molecule has 0 unspecified atom stereocenters. The highest BCUT2D eigenvalue weighted by molar-refractivity contribution is 6.30. The number of rotatable bonds is 4. The van der Waals surface area contributed by atoms with Crippen LogP contribution < -0.4 is 10.6 Å². The third-order valence-electron chi connectivity index (χ3n) is 3.37. The first kappa shape index (κ1) is 16.3. The predicted octanol–water partition coefficient (Wildman–Crippen LogP) is 3.48. The summed E-state index contributed by atoms with van der Waals surface area (Å²) in [5.74, 6) is 0.790. The van der Waals surface area contributed by atoms with Crippen molar-refractivity contribution in [2.75, 3.05) is 18.4 Å². The fraction of sp³-hybridized carbons (Fsp3) is 0.500. The smallest absolute Gasteiger partial charge is 0.224 e. The maximum atomic E-state index is 11.8. The lowest BCUT2D eigenvalue weighted by Crippen LogP contribution is -2.28. The van der Waals surface area contributed by atoms with E-state index in [-0.39, 0.29) is 18.3 Å². The van der Waals surface area contributed by atoms with E-state index < -0.39 is 0 Å². The van der Waals surface area contributed by atoms with Gasteiger partial charge in [-0.25, -0.2) is 0 Å². The fourth-order valence-corrected chi connectivity index (χ4v) is 2.39. The molecule has 1 heterocycles. The highest BCUT2D eigenvalue weighted by atomic mass is 35.5. The van der Waals surface area contributed by atoms with Crippen LogP contribution in [0.5, 0.6) is 0 Å². The van der Waals surface area contributed by atoms with Gasteiger partial charge in [-0.15, -0.1) is 12.4 Å². The van der Waals surface area contributed by atoms with Gasteiger partial charge in [0.1, 0.15) is 0 Å². The van der Waals surface area contributed by atoms with Gasteiger partial charge in [0, 0.05) is 17.1 Å². The molecular formula is C14H20Cl2N2O. The third-order valence-corrected chi connectivity index (χ3v) is 3.62. The zero-order valence-corrected chi connectivity index (χ0v) is 12.4. The van der Waals surface area contributed by atoms with E-state index in [2.05, 4.69) is 10.6 Å². The van der Waals surface area contributed by atoms with Gasteiger partial charge in [0.05, 0.1) is 0 Å². The van der Waals surface area contributed by atoms with Crippen LogP contribution in [0.1, 0.15) is 25.7 Å². The Morgan fingerprint density at radius 1 is 1.26 bits per heavy atom. The van der Waals surface area contributed by atoms with Crippen LogP contribution in [-0.4, -0.2) is 19.0 Å². The first-order valence-corrected chi connectivity index (χ1v) is 6.88. The highest BCUT2D eigenvalue weighted by Crippen LogP contribution is 2.18. The van der Waals surface area contributed by atoms with Crippen molar-refractivity contribution in [3.63, 3.8) is 0 Å². The second-order valence-corrected chi connectivity index (χ2v) is 5.22. The normalized spacial score (nSPS) is 15.6. The monoisotopic (exact) mass is 302 g/mol. The largest absolute Gasteiger partial charge is 0.326 e. The number of benzene rings is 1. The topological polar surface area (TPSA) is 41.1 Å². The van der Waals surface area contributed by atoms with Gasteiger partial charge in [0.15, 0.2) is 0 Å². The van der Waals surface area contributed by atoms with Gasteiger partial charge in [0.2, 0.25) is 5.91 Å². The molecule has 0 saturated carbocycles. The maximum absolute atomic E-state index is 11.8. The van der Waals surface area contributed by atoms with E-state index in [1.807, 2.05) is 12.1 Å². The van der Waals surface area contributed by atoms with E-state index in [1.54, 1.807) is 12.1 Å². The molecule has 0 aliphatic carbocycles. The molecule has 19 heavy (non-hydrogen) atoms. The fourth-order valence-electron chi connectivity index (χ4n) is 2.26. The number of hydrogen-bond donors (Lipinski definition) is 2. The number of amides is 1. The summed E-state index contributed by atoms with van der Waals surface area (Å²) in [5.41, 5.74) is 0.815. The Hall–Kier alpha value is -0.770. The molecule has 0 bridgehead atoms. The Bertz CT molecular complexity index is 389. The molecule has 106 valence electrons. The first-order valence-electron chi connectivity index (χ1n) is 6.50. The van der Waals surface area contributed by atoms with E-state index in [9.17, 15) is 4.79 Å². The summed E-state index contributed by atoms with van der Waals surface area (Å²) in [6.07, 6.45) is 3.97. The molecule has 0 atom stereocenters. The molecule has 1 aliphatic heterocycles. The third kappa shape index (κ3) is 5.81. The van der Waals surface area contributed by atoms with Crippen LogP contribution in [0.25, 0.3) is 0 Å². The standard InChI is InChI=1S/C14H19ClN2O.ClH/c15-12-2-4-13(5-3-12)17-14(18)6-1-11-7-9-16-10-8-11;/h2-5,11,16H,1,6-10H2,(H,17,18);1H. The summed E-state index contributed by atoms with van der Waals surface area (Å²) in [6, 6.07) is 7.21. The minimum Gasteiger partial charge on any atom is -0.326 e. The van der Waals surface area contributed by atoms with Crippen molar-refractivity contribution in [2.24, 2.45) is 5.92 Å². The lowest BCUT2D eigenvalue weighted by atomic mass is 9.93. The number of nitrogens with one attached hydrogen (secondary N) is 2. The Labute approximate surface area is 125 Å². The van der Waals surface area contributed by atoms with Gasteiger partial charge < -0.3 is 10.6 Å². The van der Waals surface area contributed by atoms with Crippen LogP contribution in [0.3, 0.4) is 0 Å². The number of carbonyl (C=O) groups is 1. The van der Waals surface area contributed by atoms with Crippen molar-refractivity contribution in [3.8, 4) is 0 Å². The summed E-state index contributed by atoms with van der Waals surface area (Å²) in [5, 5.41) is 6.91. The summed E-state index contributed by atoms with van der Waals surface area (Å²) < 4.78 is 0. The van der Waals surface area contributed by atoms with Crippen LogP contribution in [0.4, 0.5) is 5.69 Å². The Morgan fingerprint density at radius 3 is 2.53 bits per heavy atom. The lowest BCUT2D eigenvalue weighted by molar-refractivity contribution is -0.116. The van der Waals surface area contributed by atoms with E-state index in [0.717, 1.165) is 25.2 Å². The molecule has 0 radical (unpaired) electrons. The van der Waals surface area contributed by atoms with Crippen LogP contribution in [0, 0.1) is 5.92 Å². The summed E-state index contributed by atoms with van der Waals surface area (Å²) in [6.45, 7) is 2.17. The molecule has 0 spiro atoms. The van der Waals surface area contributed by atoms with Crippen LogP contribution in [0.15, 0.2) is 24.3 Å². The molecule has 1 aliphatic rings. The molecule has 1 aromatic carbocycles. The highest BCUT2D eigenvalue weighted by Gasteiger charge is 2.14. The van der Waals surface area contributed by atoms with Gasteiger partial charge in [-0.05, 0) is 62.5 Å². The van der Waals surface area contributed by atoms with Gasteiger partial charge in [-0.1, -0.05) is 11.6 Å². The lowest BCUT2D eigenvalue weighted by Gasteiger charge is -2.22. The van der Waals surface area contributed by atoms with Gasteiger partial charge in [0.25, 0.3) is 0 Å². The summed E-state index contributed by atoms with van der Waals surface area (Å²) in [4.78, 5) is 11.8. The molecule has 1 aromatic rings. The van der Waals surface area contributed by atoms with Crippen molar-refractivity contribution in [1.82, 2.24) is 5.32 Å². The Balaban J connectivity index is 0.00000180. The van der Waals surface area contributed by atoms with E-state index in [1.165, 1.54) is 12.8 Å². The molecule has 1 saturated heterocycles. The average molecular weight is 303 g/mol. The molecular weight excluding hydrogens is 283 g/mol. The molecule has 0 aromatic heterocycles. The molecule has 3 nitrogen and oxygen atoms in total. The van der Waals surface area contributed by atoms with Crippen LogP contribution in [0.2, 0.25) is 5.02 Å². The SMILES string of the molecule is Cl.O=C(CCC1CCNCC1)Nc1ccc(Cl)cc1. The number of piperidine rings is 1. The van der Waals surface area contributed by atoms with Crippen molar-refractivity contribution >= 4 is 35.6 Å². The Kier molecular flexibility index (Phi) is 7.21. The van der Waals surface area contributed by atoms with Crippen molar-refractivity contribution < 1.29 is 4.79 Å². The van der Waals surface area contributed by atoms with Crippen LogP contribution in [-0.2, 0) is 4.79 Å². The molecule has 2 rings (SSSR count). The quantitative estimate of drug-likeness (QED) is 0.894. The van der Waals surface area contributed by atoms with E-state index in [0.29, 0.717) is 17.4 Å². The minimum absolute atomic E-state index is 0. The van der Waals surface area contributed by atoms with Crippen molar-refractivity contribution in [2.45, 2.75) is 25.7 Å². The zero-order valence-electron chi connectivity index (χ0n) is 10.8. The number of anilines is 1. The Morgan fingerprint density at radius 2 is 1.89 bits per heavy atom. The minimum atomic E-state index is 0. The van der Waals surface area contributed by atoms with E-state index in [4.69, 9.17) is 11.6 Å². The van der Waals surface area contributed by atoms with E-state index >= 15 is 0 Å². The zero-order chi connectivity index (χ0) is 12.8. The number of carbonyl (C=O) groups excluding carboxylic acids is 1. The first-order chi connectivity index (χ1) is 8.74. The molecule has 1 fully saturated rings. The number of hydrogen-bond acceptors (Lipinski definition) is 2. The second kappa shape index (κ2) is 8.41. The average Bonchev–Trinajstić information content (AvgIpc) is 2.40. The predicted molar refractivity (Wildman–Crippen MR) is 82.2 cm³/mol. The van der Waals surface area contributed by atoms with Gasteiger partial charge >= 0.3 is 0 Å². The maximum Gasteiger partial charge on any atom is 0.224 e. The summed E-state index contributed by atoms with van der Waals surface area (Å²) >= 11 is 5.79. The van der Waals surface area contributed by atoms with Crippen molar-refractivity contribution in [3.05, 3.63) is 29.3 Å². The van der Waals surface area contributed by atoms with Gasteiger partial charge in [-0.3, -0.25) is 4.79 Å². The second-order valence-electron chi connectivity index (χ2n) is 4.79. The summed E-state index contributed by atoms with van der Waals surface area (Å²) in [7, 11) is 0. The molecule has 5 heteroatoms. The van der Waals surface area contributed by atoms with Gasteiger partial charge in [-0.2, -0.15) is 0 Å². The number of halogens is 2. The van der Waals surface area contributed by atoms with Crippen LogP contribution >= 0.6 is 24.0 Å².